The quantitative estimate of drug-likeness (QED) is 0.313. The minimum Gasteiger partial charge on any atom is -0.497 e. The number of aryl methyl sites for hydroxylation is 3. The van der Waals surface area contributed by atoms with Gasteiger partial charge in [0.15, 0.2) is 5.69 Å². The average molecular weight is 530 g/mol. The molecule has 1 aliphatic rings. The molecule has 2 aromatic heterocycles. The number of methoxy groups -OCH3 is 1. The molecule has 0 saturated carbocycles. The minimum absolute atomic E-state index is 0.200. The van der Waals surface area contributed by atoms with Gasteiger partial charge in [-0.3, -0.25) is 9.48 Å². The molecule has 0 atom stereocenters. The van der Waals surface area contributed by atoms with E-state index in [0.717, 1.165) is 61.5 Å². The van der Waals surface area contributed by atoms with Crippen LogP contribution in [0.25, 0.3) is 34.2 Å². The fourth-order valence-corrected chi connectivity index (χ4v) is 5.39. The molecule has 204 valence electrons. The highest BCUT2D eigenvalue weighted by Gasteiger charge is 2.24. The first-order valence-electron chi connectivity index (χ1n) is 13.5. The first kappa shape index (κ1) is 26.6. The molecule has 39 heavy (non-hydrogen) atoms. The Balaban J connectivity index is 1.31. The van der Waals surface area contributed by atoms with Crippen molar-refractivity contribution < 1.29 is 19.2 Å². The SMILES string of the molecule is CCn1nc(-c2nc(-c3cc(C)c(CCN4CCC(C(=O)O)CC4)c(C)c3)no2)cc1-c1ccc(OC)cc1. The van der Waals surface area contributed by atoms with Crippen LogP contribution in [0.4, 0.5) is 0 Å². The van der Waals surface area contributed by atoms with E-state index in [1.807, 2.05) is 41.9 Å². The van der Waals surface area contributed by atoms with Gasteiger partial charge in [-0.25, -0.2) is 0 Å². The van der Waals surface area contributed by atoms with Gasteiger partial charge in [0.25, 0.3) is 5.89 Å². The fraction of sp³-hybridized carbons (Fsp3) is 0.400. The normalized spacial score (nSPS) is 14.6. The zero-order valence-electron chi connectivity index (χ0n) is 23.0. The van der Waals surface area contributed by atoms with E-state index in [1.54, 1.807) is 7.11 Å². The van der Waals surface area contributed by atoms with Crippen molar-refractivity contribution in [1.29, 1.82) is 0 Å². The van der Waals surface area contributed by atoms with E-state index in [0.29, 0.717) is 24.0 Å². The number of benzene rings is 2. The van der Waals surface area contributed by atoms with E-state index >= 15 is 0 Å². The third kappa shape index (κ3) is 5.73. The van der Waals surface area contributed by atoms with Gasteiger partial charge in [0.2, 0.25) is 5.82 Å². The summed E-state index contributed by atoms with van der Waals surface area (Å²) in [6, 6.07) is 14.1. The van der Waals surface area contributed by atoms with Crippen molar-refractivity contribution in [2.24, 2.45) is 5.92 Å². The summed E-state index contributed by atoms with van der Waals surface area (Å²) in [5.74, 6) is 0.860. The van der Waals surface area contributed by atoms with Crippen molar-refractivity contribution in [2.45, 2.75) is 46.6 Å². The van der Waals surface area contributed by atoms with Gasteiger partial charge in [-0.15, -0.1) is 0 Å². The Kier molecular flexibility index (Phi) is 7.79. The molecule has 9 nitrogen and oxygen atoms in total. The molecule has 0 unspecified atom stereocenters. The van der Waals surface area contributed by atoms with Crippen LogP contribution in [0.2, 0.25) is 0 Å². The lowest BCUT2D eigenvalue weighted by Gasteiger charge is -2.30. The van der Waals surface area contributed by atoms with E-state index in [2.05, 4.69) is 41.0 Å². The van der Waals surface area contributed by atoms with Crippen molar-refractivity contribution in [3.63, 3.8) is 0 Å². The van der Waals surface area contributed by atoms with Crippen LogP contribution in [0.3, 0.4) is 0 Å². The summed E-state index contributed by atoms with van der Waals surface area (Å²) in [6.07, 6.45) is 2.38. The summed E-state index contributed by atoms with van der Waals surface area (Å²) >= 11 is 0. The van der Waals surface area contributed by atoms with Crippen molar-refractivity contribution in [3.05, 3.63) is 59.2 Å². The molecule has 0 amide bonds. The van der Waals surface area contributed by atoms with Gasteiger partial charge in [0.1, 0.15) is 5.75 Å². The number of ether oxygens (including phenoxy) is 1. The van der Waals surface area contributed by atoms with Crippen LogP contribution in [0.15, 0.2) is 47.0 Å². The molecule has 1 fully saturated rings. The molecule has 1 saturated heterocycles. The maximum atomic E-state index is 11.2. The van der Waals surface area contributed by atoms with Gasteiger partial charge >= 0.3 is 5.97 Å². The maximum Gasteiger partial charge on any atom is 0.306 e. The molecule has 0 radical (unpaired) electrons. The number of carbonyl (C=O) groups is 1. The number of aliphatic carboxylic acids is 1. The largest absolute Gasteiger partial charge is 0.497 e. The number of hydrogen-bond donors (Lipinski definition) is 1. The highest BCUT2D eigenvalue weighted by molar-refractivity contribution is 5.70. The monoisotopic (exact) mass is 529 g/mol. The first-order chi connectivity index (χ1) is 18.9. The van der Waals surface area contributed by atoms with E-state index < -0.39 is 5.97 Å². The first-order valence-corrected chi connectivity index (χ1v) is 13.5. The van der Waals surface area contributed by atoms with Crippen molar-refractivity contribution in [1.82, 2.24) is 24.8 Å². The van der Waals surface area contributed by atoms with E-state index in [4.69, 9.17) is 14.4 Å². The second-order valence-corrected chi connectivity index (χ2v) is 10.2. The summed E-state index contributed by atoms with van der Waals surface area (Å²) in [6.45, 7) is 9.60. The zero-order chi connectivity index (χ0) is 27.5. The zero-order valence-corrected chi connectivity index (χ0v) is 23.0. The van der Waals surface area contributed by atoms with Crippen LogP contribution in [0.1, 0.15) is 36.5 Å². The second kappa shape index (κ2) is 11.4. The fourth-order valence-electron chi connectivity index (χ4n) is 5.39. The topological polar surface area (TPSA) is 107 Å². The predicted octanol–water partition coefficient (Wildman–Crippen LogP) is 5.25. The Morgan fingerprint density at radius 3 is 2.38 bits per heavy atom. The van der Waals surface area contributed by atoms with Crippen molar-refractivity contribution >= 4 is 5.97 Å². The van der Waals surface area contributed by atoms with Crippen LogP contribution in [-0.4, -0.2) is 62.6 Å². The van der Waals surface area contributed by atoms with E-state index in [1.165, 1.54) is 16.7 Å². The Hall–Kier alpha value is -3.98. The summed E-state index contributed by atoms with van der Waals surface area (Å²) in [5.41, 5.74) is 7.24. The highest BCUT2D eigenvalue weighted by Crippen LogP contribution is 2.30. The third-order valence-corrected chi connectivity index (χ3v) is 7.68. The molecule has 2 aromatic carbocycles. The van der Waals surface area contributed by atoms with Crippen LogP contribution in [0.5, 0.6) is 5.75 Å². The molecule has 4 aromatic rings. The Bertz CT molecular complexity index is 1430. The molecule has 9 heteroatoms. The predicted molar refractivity (Wildman–Crippen MR) is 149 cm³/mol. The molecule has 0 spiro atoms. The number of nitrogens with zero attached hydrogens (tertiary/aromatic N) is 5. The van der Waals surface area contributed by atoms with Gasteiger partial charge in [-0.05, 0) is 112 Å². The van der Waals surface area contributed by atoms with Crippen LogP contribution in [0, 0.1) is 19.8 Å². The molecule has 1 aliphatic heterocycles. The number of hydrogen-bond acceptors (Lipinski definition) is 7. The molecular weight excluding hydrogens is 494 g/mol. The molecule has 0 bridgehead atoms. The molecule has 1 N–H and O–H groups in total. The number of piperidine rings is 1. The molecular formula is C30H35N5O4. The van der Waals surface area contributed by atoms with Gasteiger partial charge in [0.05, 0.1) is 18.7 Å². The average Bonchev–Trinajstić information content (AvgIpc) is 3.60. The molecule has 5 rings (SSSR count). The maximum absolute atomic E-state index is 11.2. The van der Waals surface area contributed by atoms with Crippen LogP contribution in [-0.2, 0) is 17.8 Å². The minimum atomic E-state index is -0.669. The number of likely N-dealkylation sites (tertiary alicyclic amines) is 1. The van der Waals surface area contributed by atoms with Crippen LogP contribution >= 0.6 is 0 Å². The summed E-state index contributed by atoms with van der Waals surface area (Å²) in [5, 5.41) is 18.2. The number of aromatic nitrogens is 4. The number of carboxylic acids is 1. The second-order valence-electron chi connectivity index (χ2n) is 10.2. The smallest absolute Gasteiger partial charge is 0.306 e. The lowest BCUT2D eigenvalue weighted by molar-refractivity contribution is -0.143. The molecule has 0 aliphatic carbocycles. The summed E-state index contributed by atoms with van der Waals surface area (Å²) in [4.78, 5) is 18.3. The van der Waals surface area contributed by atoms with E-state index in [-0.39, 0.29) is 5.92 Å². The van der Waals surface area contributed by atoms with Gasteiger partial charge in [-0.1, -0.05) is 5.16 Å². The number of rotatable bonds is 9. The van der Waals surface area contributed by atoms with Gasteiger partial charge < -0.3 is 19.3 Å². The Labute approximate surface area is 228 Å². The van der Waals surface area contributed by atoms with E-state index in [9.17, 15) is 9.90 Å². The van der Waals surface area contributed by atoms with Gasteiger partial charge in [-0.2, -0.15) is 10.1 Å². The third-order valence-electron chi connectivity index (χ3n) is 7.68. The Morgan fingerprint density at radius 1 is 1.08 bits per heavy atom. The van der Waals surface area contributed by atoms with Crippen molar-refractivity contribution in [2.75, 3.05) is 26.7 Å². The Morgan fingerprint density at radius 2 is 1.77 bits per heavy atom. The lowest BCUT2D eigenvalue weighted by Crippen LogP contribution is -2.37. The standard InChI is InChI=1S/C30H35N5O4/c1-5-35-27(21-6-8-24(38-4)9-7-21)18-26(32-35)29-31-28(33-39-29)23-16-19(2)25(20(3)17-23)12-15-34-13-10-22(11-14-34)30(36)37/h6-9,16-18,22H,5,10-15H2,1-4H3,(H,36,37). The van der Waals surface area contributed by atoms with Crippen molar-refractivity contribution in [3.8, 4) is 40.0 Å². The molecule has 3 heterocycles. The van der Waals surface area contributed by atoms with Gasteiger partial charge in [0, 0.05) is 24.2 Å². The summed E-state index contributed by atoms with van der Waals surface area (Å²) in [7, 11) is 1.65. The highest BCUT2D eigenvalue weighted by atomic mass is 16.5. The number of carboxylic acid groups (broad SMARTS) is 1. The van der Waals surface area contributed by atoms with Crippen LogP contribution < -0.4 is 4.74 Å². The lowest BCUT2D eigenvalue weighted by atomic mass is 9.94. The summed E-state index contributed by atoms with van der Waals surface area (Å²) < 4.78 is 12.9.